The quantitative estimate of drug-likeness (QED) is 0.735. The zero-order valence-corrected chi connectivity index (χ0v) is 10.2. The van der Waals surface area contributed by atoms with Crippen molar-refractivity contribution in [2.45, 2.75) is 20.8 Å². The van der Waals surface area contributed by atoms with Crippen molar-refractivity contribution in [3.63, 3.8) is 0 Å². The second kappa shape index (κ2) is 6.43. The van der Waals surface area contributed by atoms with Crippen LogP contribution in [0.25, 0.3) is 0 Å². The summed E-state index contributed by atoms with van der Waals surface area (Å²) >= 11 is 0. The van der Waals surface area contributed by atoms with Crippen LogP contribution in [0, 0.1) is 12.7 Å². The molecular weight excluding hydrogens is 207 g/mol. The molecule has 1 aliphatic rings. The molecule has 1 aliphatic heterocycles. The van der Waals surface area contributed by atoms with Gasteiger partial charge in [-0.25, -0.2) is 9.37 Å². The third-order valence-corrected chi connectivity index (χ3v) is 2.27. The number of hydrogen-bond donors (Lipinski definition) is 0. The number of aromatic nitrogens is 1. The van der Waals surface area contributed by atoms with E-state index in [1.165, 1.54) is 6.07 Å². The largest absolute Gasteiger partial charge is 0.378 e. The van der Waals surface area contributed by atoms with Crippen LogP contribution < -0.4 is 4.90 Å². The summed E-state index contributed by atoms with van der Waals surface area (Å²) < 4.78 is 18.7. The maximum absolute atomic E-state index is 13.5. The summed E-state index contributed by atoms with van der Waals surface area (Å²) in [7, 11) is 0. The summed E-state index contributed by atoms with van der Waals surface area (Å²) in [6, 6.07) is 1.51. The van der Waals surface area contributed by atoms with Gasteiger partial charge in [-0.15, -0.1) is 0 Å². The van der Waals surface area contributed by atoms with Crippen LogP contribution in [0.2, 0.25) is 0 Å². The van der Waals surface area contributed by atoms with Crippen molar-refractivity contribution >= 4 is 5.82 Å². The first-order valence-corrected chi connectivity index (χ1v) is 5.72. The third-order valence-electron chi connectivity index (χ3n) is 2.27. The van der Waals surface area contributed by atoms with Crippen LogP contribution in [0.5, 0.6) is 0 Å². The lowest BCUT2D eigenvalue weighted by Crippen LogP contribution is -2.37. The van der Waals surface area contributed by atoms with Gasteiger partial charge in [0.2, 0.25) is 0 Å². The van der Waals surface area contributed by atoms with Gasteiger partial charge in [0.25, 0.3) is 0 Å². The van der Waals surface area contributed by atoms with E-state index in [4.69, 9.17) is 4.74 Å². The first kappa shape index (κ1) is 12.9. The van der Waals surface area contributed by atoms with Crippen LogP contribution in [0.4, 0.5) is 10.2 Å². The van der Waals surface area contributed by atoms with Gasteiger partial charge in [-0.3, -0.25) is 0 Å². The van der Waals surface area contributed by atoms with Crippen LogP contribution >= 0.6 is 0 Å². The summed E-state index contributed by atoms with van der Waals surface area (Å²) in [6.45, 7) is 8.56. The molecule has 4 heteroatoms. The minimum Gasteiger partial charge on any atom is -0.378 e. The van der Waals surface area contributed by atoms with Gasteiger partial charge in [0, 0.05) is 19.3 Å². The van der Waals surface area contributed by atoms with Crippen LogP contribution in [0.3, 0.4) is 0 Å². The maximum Gasteiger partial charge on any atom is 0.165 e. The molecule has 0 bridgehead atoms. The molecule has 2 rings (SSSR count). The molecule has 0 aliphatic carbocycles. The van der Waals surface area contributed by atoms with Gasteiger partial charge in [-0.2, -0.15) is 0 Å². The molecule has 3 nitrogen and oxygen atoms in total. The molecule has 1 aromatic heterocycles. The lowest BCUT2D eigenvalue weighted by molar-refractivity contribution is 0.122. The van der Waals surface area contributed by atoms with Crippen molar-refractivity contribution in [2.75, 3.05) is 31.2 Å². The Kier molecular flexibility index (Phi) is 5.19. The van der Waals surface area contributed by atoms with Crippen molar-refractivity contribution in [1.82, 2.24) is 4.98 Å². The average molecular weight is 226 g/mol. The summed E-state index contributed by atoms with van der Waals surface area (Å²) in [5, 5.41) is 0. The highest BCUT2D eigenvalue weighted by Gasteiger charge is 2.15. The Labute approximate surface area is 96.2 Å². The van der Waals surface area contributed by atoms with E-state index in [0.717, 1.165) is 5.56 Å². The maximum atomic E-state index is 13.5. The molecule has 0 aromatic carbocycles. The Morgan fingerprint density at radius 2 is 1.94 bits per heavy atom. The molecule has 0 unspecified atom stereocenters. The fourth-order valence-electron chi connectivity index (χ4n) is 1.53. The first-order valence-electron chi connectivity index (χ1n) is 5.72. The van der Waals surface area contributed by atoms with Crippen molar-refractivity contribution in [3.8, 4) is 0 Å². The molecule has 1 aromatic rings. The van der Waals surface area contributed by atoms with Gasteiger partial charge in [0.15, 0.2) is 11.6 Å². The number of nitrogens with zero attached hydrogens (tertiary/aromatic N) is 2. The van der Waals surface area contributed by atoms with E-state index in [1.54, 1.807) is 6.20 Å². The van der Waals surface area contributed by atoms with Gasteiger partial charge in [-0.05, 0) is 18.6 Å². The third kappa shape index (κ3) is 3.17. The standard InChI is InChI=1S/C10H13FN2O.C2H6/c1-8-6-9(11)10(12-7-8)13-2-4-14-5-3-13;1-2/h6-7H,2-5H2,1H3;1-2H3. The zero-order chi connectivity index (χ0) is 12.0. The molecule has 0 radical (unpaired) electrons. The second-order valence-corrected chi connectivity index (χ2v) is 3.42. The normalized spacial score (nSPS) is 15.4. The number of aryl methyl sites for hydroxylation is 1. The fourth-order valence-corrected chi connectivity index (χ4v) is 1.53. The number of ether oxygens (including phenoxy) is 1. The van der Waals surface area contributed by atoms with Gasteiger partial charge in [0.1, 0.15) is 0 Å². The van der Waals surface area contributed by atoms with Crippen molar-refractivity contribution in [3.05, 3.63) is 23.6 Å². The SMILES string of the molecule is CC.Cc1cnc(N2CCOCC2)c(F)c1. The smallest absolute Gasteiger partial charge is 0.165 e. The zero-order valence-electron chi connectivity index (χ0n) is 10.2. The van der Waals surface area contributed by atoms with Crippen molar-refractivity contribution in [2.24, 2.45) is 0 Å². The molecule has 2 heterocycles. The summed E-state index contributed by atoms with van der Waals surface area (Å²) in [6.07, 6.45) is 1.69. The number of halogens is 1. The highest BCUT2D eigenvalue weighted by atomic mass is 19.1. The van der Waals surface area contributed by atoms with E-state index in [1.807, 2.05) is 25.7 Å². The van der Waals surface area contributed by atoms with E-state index < -0.39 is 0 Å². The monoisotopic (exact) mass is 226 g/mol. The number of pyridine rings is 1. The lowest BCUT2D eigenvalue weighted by atomic mass is 10.3. The predicted molar refractivity (Wildman–Crippen MR) is 63.3 cm³/mol. The van der Waals surface area contributed by atoms with E-state index in [9.17, 15) is 4.39 Å². The Bertz CT molecular complexity index is 325. The Hall–Kier alpha value is -1.16. The molecule has 0 spiro atoms. The molecule has 0 atom stereocenters. The predicted octanol–water partition coefficient (Wildman–Crippen LogP) is 2.39. The van der Waals surface area contributed by atoms with Crippen LogP contribution in [0.15, 0.2) is 12.3 Å². The second-order valence-electron chi connectivity index (χ2n) is 3.42. The highest BCUT2D eigenvalue weighted by molar-refractivity contribution is 5.41. The van der Waals surface area contributed by atoms with Crippen LogP contribution in [-0.4, -0.2) is 31.3 Å². The van der Waals surface area contributed by atoms with Gasteiger partial charge < -0.3 is 9.64 Å². The van der Waals surface area contributed by atoms with Crippen molar-refractivity contribution in [1.29, 1.82) is 0 Å². The molecule has 16 heavy (non-hydrogen) atoms. The van der Waals surface area contributed by atoms with E-state index in [2.05, 4.69) is 4.98 Å². The molecule has 0 saturated carbocycles. The highest BCUT2D eigenvalue weighted by Crippen LogP contribution is 2.17. The van der Waals surface area contributed by atoms with Gasteiger partial charge in [0.05, 0.1) is 13.2 Å². The Balaban J connectivity index is 0.000000606. The molecule has 1 saturated heterocycles. The topological polar surface area (TPSA) is 25.4 Å². The molecular formula is C12H19FN2O. The molecule has 90 valence electrons. The Morgan fingerprint density at radius 3 is 2.50 bits per heavy atom. The number of rotatable bonds is 1. The van der Waals surface area contributed by atoms with E-state index in [-0.39, 0.29) is 5.82 Å². The fraction of sp³-hybridized carbons (Fsp3) is 0.583. The Morgan fingerprint density at radius 1 is 1.31 bits per heavy atom. The minimum atomic E-state index is -0.244. The summed E-state index contributed by atoms with van der Waals surface area (Å²) in [5.41, 5.74) is 0.847. The minimum absolute atomic E-state index is 0.244. The van der Waals surface area contributed by atoms with E-state index in [0.29, 0.717) is 32.1 Å². The number of morpholine rings is 1. The van der Waals surface area contributed by atoms with Crippen LogP contribution in [0.1, 0.15) is 19.4 Å². The molecule has 1 fully saturated rings. The van der Waals surface area contributed by atoms with Crippen molar-refractivity contribution < 1.29 is 9.13 Å². The van der Waals surface area contributed by atoms with E-state index >= 15 is 0 Å². The van der Waals surface area contributed by atoms with Gasteiger partial charge in [-0.1, -0.05) is 13.8 Å². The molecule has 0 amide bonds. The van der Waals surface area contributed by atoms with Gasteiger partial charge >= 0.3 is 0 Å². The first-order chi connectivity index (χ1) is 7.77. The average Bonchev–Trinajstić information content (AvgIpc) is 2.33. The summed E-state index contributed by atoms with van der Waals surface area (Å²) in [5.74, 6) is 0.200. The molecule has 0 N–H and O–H groups in total. The van der Waals surface area contributed by atoms with Crippen LogP contribution in [-0.2, 0) is 4.74 Å². The lowest BCUT2D eigenvalue weighted by Gasteiger charge is -2.27. The summed E-state index contributed by atoms with van der Waals surface area (Å²) in [4.78, 5) is 6.01. The number of hydrogen-bond acceptors (Lipinski definition) is 3. The number of anilines is 1.